The van der Waals surface area contributed by atoms with Crippen molar-refractivity contribution in [3.63, 3.8) is 0 Å². The van der Waals surface area contributed by atoms with Crippen LogP contribution in [0.5, 0.6) is 0 Å². The van der Waals surface area contributed by atoms with Crippen LogP contribution in [0, 0.1) is 13.8 Å². The molecule has 3 rings (SSSR count). The summed E-state index contributed by atoms with van der Waals surface area (Å²) in [5.41, 5.74) is 0.535. The Morgan fingerprint density at radius 3 is 2.91 bits per heavy atom. The first-order chi connectivity index (χ1) is 10.9. The number of amides is 1. The highest BCUT2D eigenvalue weighted by Crippen LogP contribution is 2.24. The average Bonchev–Trinajstić information content (AvgIpc) is 3.14. The van der Waals surface area contributed by atoms with E-state index in [0.717, 1.165) is 16.3 Å². The van der Waals surface area contributed by atoms with E-state index < -0.39 is 11.5 Å². The minimum absolute atomic E-state index is 0.0354. The quantitative estimate of drug-likeness (QED) is 0.755. The molecule has 3 aromatic rings. The molecular weight excluding hydrogens is 314 g/mol. The smallest absolute Gasteiger partial charge is 0.291 e. The first-order valence-corrected chi connectivity index (χ1v) is 8.00. The van der Waals surface area contributed by atoms with Crippen LogP contribution in [0.4, 0.5) is 0 Å². The summed E-state index contributed by atoms with van der Waals surface area (Å²) in [5, 5.41) is 19.2. The van der Waals surface area contributed by atoms with Gasteiger partial charge in [-0.3, -0.25) is 4.79 Å². The number of hydrogen-bond acceptors (Lipinski definition) is 6. The third-order valence-corrected chi connectivity index (χ3v) is 4.59. The first-order valence-electron chi connectivity index (χ1n) is 7.12. The van der Waals surface area contributed by atoms with Gasteiger partial charge >= 0.3 is 0 Å². The number of fused-ring (bicyclic) bond motifs is 1. The van der Waals surface area contributed by atoms with Crippen LogP contribution in [0.2, 0.25) is 0 Å². The highest BCUT2D eigenvalue weighted by Gasteiger charge is 2.26. The van der Waals surface area contributed by atoms with E-state index in [1.807, 2.05) is 37.4 Å². The molecule has 0 aromatic carbocycles. The number of nitrogens with one attached hydrogen (secondary N) is 1. The van der Waals surface area contributed by atoms with Gasteiger partial charge < -0.3 is 10.4 Å². The van der Waals surface area contributed by atoms with Gasteiger partial charge in [0.15, 0.2) is 0 Å². The predicted molar refractivity (Wildman–Crippen MR) is 86.5 cm³/mol. The molecule has 0 aliphatic rings. The van der Waals surface area contributed by atoms with Crippen LogP contribution >= 0.6 is 11.3 Å². The summed E-state index contributed by atoms with van der Waals surface area (Å²) in [4.78, 5) is 21.4. The Bertz CT molecular complexity index is 854. The summed E-state index contributed by atoms with van der Waals surface area (Å²) >= 11 is 1.44. The Labute approximate surface area is 137 Å². The molecule has 1 unspecified atom stereocenters. The van der Waals surface area contributed by atoms with Crippen LogP contribution < -0.4 is 5.32 Å². The number of aliphatic hydroxyl groups is 1. The third kappa shape index (κ3) is 3.08. The van der Waals surface area contributed by atoms with E-state index in [-0.39, 0.29) is 12.4 Å². The molecule has 0 radical (unpaired) electrons. The number of hydrogen-bond donors (Lipinski definition) is 2. The molecule has 0 saturated heterocycles. The van der Waals surface area contributed by atoms with E-state index in [4.69, 9.17) is 0 Å². The molecule has 0 spiro atoms. The number of rotatable bonds is 4. The molecule has 23 heavy (non-hydrogen) atoms. The zero-order valence-electron chi connectivity index (χ0n) is 13.1. The van der Waals surface area contributed by atoms with Crippen molar-refractivity contribution in [2.45, 2.75) is 26.4 Å². The number of nitrogens with zero attached hydrogens (tertiary/aromatic N) is 4. The van der Waals surface area contributed by atoms with Gasteiger partial charge in [-0.1, -0.05) is 6.07 Å². The fourth-order valence-electron chi connectivity index (χ4n) is 2.27. The number of aromatic nitrogens is 4. The summed E-state index contributed by atoms with van der Waals surface area (Å²) in [6.45, 7) is 5.47. The first kappa shape index (κ1) is 15.6. The minimum Gasteiger partial charge on any atom is -0.383 e. The van der Waals surface area contributed by atoms with Crippen molar-refractivity contribution in [2.24, 2.45) is 0 Å². The van der Waals surface area contributed by atoms with Crippen LogP contribution in [-0.2, 0) is 5.60 Å². The van der Waals surface area contributed by atoms with Gasteiger partial charge in [0.05, 0.1) is 6.54 Å². The van der Waals surface area contributed by atoms with Crippen LogP contribution in [0.15, 0.2) is 23.6 Å². The molecular formula is C15H17N5O2S. The maximum absolute atomic E-state index is 12.2. The van der Waals surface area contributed by atoms with Crippen LogP contribution in [0.3, 0.4) is 0 Å². The van der Waals surface area contributed by atoms with Crippen LogP contribution in [0.1, 0.15) is 33.8 Å². The van der Waals surface area contributed by atoms with Gasteiger partial charge in [0.25, 0.3) is 11.7 Å². The lowest BCUT2D eigenvalue weighted by Crippen LogP contribution is -2.38. The molecule has 0 aliphatic carbocycles. The molecule has 1 amide bonds. The second-order valence-corrected chi connectivity index (χ2v) is 6.57. The summed E-state index contributed by atoms with van der Waals surface area (Å²) in [7, 11) is 0. The maximum atomic E-state index is 12.2. The Kier molecular flexibility index (Phi) is 3.87. The molecule has 2 N–H and O–H groups in total. The van der Waals surface area contributed by atoms with Gasteiger partial charge in [0.2, 0.25) is 5.82 Å². The largest absolute Gasteiger partial charge is 0.383 e. The molecule has 3 aromatic heterocycles. The fourth-order valence-corrected chi connectivity index (χ4v) is 3.05. The Morgan fingerprint density at radius 1 is 1.43 bits per heavy atom. The van der Waals surface area contributed by atoms with E-state index in [9.17, 15) is 9.90 Å². The van der Waals surface area contributed by atoms with E-state index in [2.05, 4.69) is 20.4 Å². The molecule has 8 heteroatoms. The van der Waals surface area contributed by atoms with Crippen molar-refractivity contribution in [3.8, 4) is 0 Å². The van der Waals surface area contributed by atoms with Gasteiger partial charge in [-0.25, -0.2) is 9.50 Å². The summed E-state index contributed by atoms with van der Waals surface area (Å²) in [6.07, 6.45) is 0. The molecule has 120 valence electrons. The van der Waals surface area contributed by atoms with Crippen molar-refractivity contribution in [2.75, 3.05) is 6.54 Å². The standard InChI is InChI=1S/C15H17N5O2S/c1-9-7-10(2)20-14(17-9)18-12(19-20)13(21)16-8-15(3,22)11-5-4-6-23-11/h4-7,22H,8H2,1-3H3,(H,16,21). The van der Waals surface area contributed by atoms with Gasteiger partial charge in [-0.15, -0.1) is 16.4 Å². The number of aryl methyl sites for hydroxylation is 2. The van der Waals surface area contributed by atoms with E-state index in [1.165, 1.54) is 15.9 Å². The third-order valence-electron chi connectivity index (χ3n) is 3.47. The van der Waals surface area contributed by atoms with Crippen molar-refractivity contribution in [1.29, 1.82) is 0 Å². The molecule has 0 fully saturated rings. The van der Waals surface area contributed by atoms with E-state index in [0.29, 0.717) is 5.78 Å². The zero-order valence-corrected chi connectivity index (χ0v) is 13.9. The lowest BCUT2D eigenvalue weighted by Gasteiger charge is -2.21. The Morgan fingerprint density at radius 2 is 2.22 bits per heavy atom. The van der Waals surface area contributed by atoms with Crippen LogP contribution in [-0.4, -0.2) is 37.1 Å². The Balaban J connectivity index is 1.77. The van der Waals surface area contributed by atoms with Gasteiger partial charge in [0, 0.05) is 16.3 Å². The number of carbonyl (C=O) groups excluding carboxylic acids is 1. The molecule has 0 bridgehead atoms. The second kappa shape index (κ2) is 5.71. The number of thiophene rings is 1. The topological polar surface area (TPSA) is 92.4 Å². The normalized spacial score (nSPS) is 13.9. The second-order valence-electron chi connectivity index (χ2n) is 5.62. The molecule has 7 nitrogen and oxygen atoms in total. The zero-order chi connectivity index (χ0) is 16.6. The van der Waals surface area contributed by atoms with Gasteiger partial charge in [-0.2, -0.15) is 4.98 Å². The molecule has 1 atom stereocenters. The Hall–Kier alpha value is -2.32. The lowest BCUT2D eigenvalue weighted by molar-refractivity contribution is 0.0553. The van der Waals surface area contributed by atoms with Crippen molar-refractivity contribution < 1.29 is 9.90 Å². The highest BCUT2D eigenvalue weighted by atomic mass is 32.1. The summed E-state index contributed by atoms with van der Waals surface area (Å²) < 4.78 is 1.53. The monoisotopic (exact) mass is 331 g/mol. The minimum atomic E-state index is -1.13. The SMILES string of the molecule is Cc1cc(C)n2nc(C(=O)NCC(C)(O)c3cccs3)nc2n1. The van der Waals surface area contributed by atoms with Crippen LogP contribution in [0.25, 0.3) is 5.78 Å². The highest BCUT2D eigenvalue weighted by molar-refractivity contribution is 7.10. The van der Waals surface area contributed by atoms with Gasteiger partial charge in [0.1, 0.15) is 5.60 Å². The summed E-state index contributed by atoms with van der Waals surface area (Å²) in [5.74, 6) is -0.0183. The lowest BCUT2D eigenvalue weighted by atomic mass is 10.1. The molecule has 0 aliphatic heterocycles. The number of carbonyl (C=O) groups is 1. The summed E-state index contributed by atoms with van der Waals surface area (Å²) in [6, 6.07) is 5.55. The van der Waals surface area contributed by atoms with Crippen molar-refractivity contribution in [3.05, 3.63) is 45.7 Å². The van der Waals surface area contributed by atoms with Gasteiger partial charge in [-0.05, 0) is 38.3 Å². The van der Waals surface area contributed by atoms with Crippen molar-refractivity contribution in [1.82, 2.24) is 24.9 Å². The average molecular weight is 331 g/mol. The van der Waals surface area contributed by atoms with E-state index in [1.54, 1.807) is 6.92 Å². The maximum Gasteiger partial charge on any atom is 0.291 e. The molecule has 0 saturated carbocycles. The van der Waals surface area contributed by atoms with Crippen molar-refractivity contribution >= 4 is 23.0 Å². The fraction of sp³-hybridized carbons (Fsp3) is 0.333. The van der Waals surface area contributed by atoms with E-state index >= 15 is 0 Å². The predicted octanol–water partition coefficient (Wildman–Crippen LogP) is 1.44. The molecule has 3 heterocycles.